The van der Waals surface area contributed by atoms with Gasteiger partial charge in [0, 0.05) is 30.0 Å². The van der Waals surface area contributed by atoms with Crippen molar-refractivity contribution in [1.82, 2.24) is 4.90 Å². The summed E-state index contributed by atoms with van der Waals surface area (Å²) in [5.74, 6) is -0.00949. The van der Waals surface area contributed by atoms with Crippen LogP contribution in [0.4, 0.5) is 11.4 Å². The molecule has 2 N–H and O–H groups in total. The minimum absolute atomic E-state index is 0.00949. The number of rotatable bonds is 4. The summed E-state index contributed by atoms with van der Waals surface area (Å²) in [6.07, 6.45) is 3.30. The molecule has 1 fully saturated rings. The minimum atomic E-state index is -0.00949. The molecule has 31 heavy (non-hydrogen) atoms. The third-order valence-corrected chi connectivity index (χ3v) is 6.08. The summed E-state index contributed by atoms with van der Waals surface area (Å²) in [7, 11) is 0. The highest BCUT2D eigenvalue weighted by Gasteiger charge is 2.22. The summed E-state index contributed by atoms with van der Waals surface area (Å²) in [6, 6.07) is 15.1. The second-order valence-corrected chi connectivity index (χ2v) is 8.26. The first-order valence-electron chi connectivity index (χ1n) is 11.0. The third-order valence-electron chi connectivity index (χ3n) is 6.08. The monoisotopic (exact) mass is 420 g/mol. The van der Waals surface area contributed by atoms with Crippen LogP contribution in [-0.2, 0) is 27.3 Å². The standard InChI is InChI=1S/C24H28N4O3/c29-23(15-28-10-12-30-13-11-28)25-19-8-9-21-18(14-19)16-31-24(26-21)27-22-7-3-5-17-4-1-2-6-20(17)22/h1-2,4,6,8-9,14,22H,3,5,7,10-13,15-16H2,(H,25,29)(H,26,27)/t22-/m1/s1. The van der Waals surface area contributed by atoms with Crippen molar-refractivity contribution >= 4 is 23.3 Å². The maximum Gasteiger partial charge on any atom is 0.290 e. The Morgan fingerprint density at radius 2 is 2.03 bits per heavy atom. The van der Waals surface area contributed by atoms with Crippen LogP contribution in [0.25, 0.3) is 0 Å². The average Bonchev–Trinajstić information content (AvgIpc) is 2.80. The Balaban J connectivity index is 1.23. The first kappa shape index (κ1) is 20.0. The van der Waals surface area contributed by atoms with E-state index in [-0.39, 0.29) is 11.9 Å². The van der Waals surface area contributed by atoms with Gasteiger partial charge in [0.05, 0.1) is 25.8 Å². The highest BCUT2D eigenvalue weighted by atomic mass is 16.5. The van der Waals surface area contributed by atoms with Gasteiger partial charge in [0.1, 0.15) is 6.61 Å². The number of ether oxygens (including phenoxy) is 2. The number of benzene rings is 2. The van der Waals surface area contributed by atoms with Crippen molar-refractivity contribution in [1.29, 1.82) is 0 Å². The lowest BCUT2D eigenvalue weighted by molar-refractivity contribution is -0.118. The van der Waals surface area contributed by atoms with Crippen LogP contribution in [0.15, 0.2) is 47.5 Å². The zero-order chi connectivity index (χ0) is 21.0. The number of nitrogens with one attached hydrogen (secondary N) is 2. The lowest BCUT2D eigenvalue weighted by Gasteiger charge is -2.26. The van der Waals surface area contributed by atoms with Crippen molar-refractivity contribution in [2.45, 2.75) is 31.9 Å². The Hall–Kier alpha value is -2.90. The van der Waals surface area contributed by atoms with Crippen LogP contribution in [0.3, 0.4) is 0 Å². The molecule has 162 valence electrons. The van der Waals surface area contributed by atoms with Gasteiger partial charge in [-0.25, -0.2) is 4.99 Å². The zero-order valence-electron chi connectivity index (χ0n) is 17.6. The van der Waals surface area contributed by atoms with E-state index < -0.39 is 0 Å². The van der Waals surface area contributed by atoms with Crippen LogP contribution in [0.5, 0.6) is 0 Å². The summed E-state index contributed by atoms with van der Waals surface area (Å²) >= 11 is 0. The van der Waals surface area contributed by atoms with Gasteiger partial charge in [0.2, 0.25) is 5.91 Å². The molecule has 0 unspecified atom stereocenters. The molecule has 1 amide bonds. The molecule has 0 aromatic heterocycles. The Morgan fingerprint density at radius 1 is 1.16 bits per heavy atom. The van der Waals surface area contributed by atoms with E-state index in [4.69, 9.17) is 14.5 Å². The summed E-state index contributed by atoms with van der Waals surface area (Å²) in [6.45, 7) is 3.78. The normalized spacial score (nSPS) is 22.1. The van der Waals surface area contributed by atoms with Gasteiger partial charge in [-0.05, 0) is 48.6 Å². The number of amidine groups is 1. The second-order valence-electron chi connectivity index (χ2n) is 8.26. The number of nitrogens with zero attached hydrogens (tertiary/aromatic N) is 2. The number of carbonyl (C=O) groups excluding carboxylic acids is 1. The summed E-state index contributed by atoms with van der Waals surface area (Å²) in [4.78, 5) is 19.3. The molecule has 1 aliphatic carbocycles. The average molecular weight is 421 g/mol. The van der Waals surface area contributed by atoms with Gasteiger partial charge in [-0.2, -0.15) is 0 Å². The number of carbonyl (C=O) groups is 1. The van der Waals surface area contributed by atoms with Crippen molar-refractivity contribution in [2.75, 3.05) is 43.5 Å². The molecule has 0 bridgehead atoms. The van der Waals surface area contributed by atoms with Crippen molar-refractivity contribution in [3.63, 3.8) is 0 Å². The molecule has 2 heterocycles. The molecule has 7 heteroatoms. The van der Waals surface area contributed by atoms with E-state index in [1.807, 2.05) is 18.2 Å². The molecule has 0 saturated carbocycles. The lowest BCUT2D eigenvalue weighted by Crippen LogP contribution is -2.41. The Bertz CT molecular complexity index is 985. The van der Waals surface area contributed by atoms with Crippen LogP contribution in [0, 0.1) is 0 Å². The van der Waals surface area contributed by atoms with Gasteiger partial charge in [0.25, 0.3) is 6.02 Å². The number of fused-ring (bicyclic) bond motifs is 2. The van der Waals surface area contributed by atoms with Gasteiger partial charge in [-0.1, -0.05) is 24.3 Å². The van der Waals surface area contributed by atoms with E-state index in [9.17, 15) is 4.79 Å². The van der Waals surface area contributed by atoms with Gasteiger partial charge in [0.15, 0.2) is 0 Å². The van der Waals surface area contributed by atoms with Crippen LogP contribution < -0.4 is 10.6 Å². The molecular formula is C24H28N4O3. The fourth-order valence-corrected chi connectivity index (χ4v) is 4.45. The van der Waals surface area contributed by atoms with E-state index >= 15 is 0 Å². The number of hydrogen-bond acceptors (Lipinski definition) is 5. The first-order valence-corrected chi connectivity index (χ1v) is 11.0. The first-order chi connectivity index (χ1) is 15.2. The molecular weight excluding hydrogens is 392 g/mol. The predicted molar refractivity (Wildman–Crippen MR) is 120 cm³/mol. The molecule has 2 aromatic rings. The Labute approximate surface area is 182 Å². The molecule has 3 aliphatic rings. The quantitative estimate of drug-likeness (QED) is 0.794. The smallest absolute Gasteiger partial charge is 0.290 e. The maximum atomic E-state index is 12.4. The van der Waals surface area contributed by atoms with Crippen LogP contribution in [-0.4, -0.2) is 49.7 Å². The van der Waals surface area contributed by atoms with E-state index in [0.29, 0.717) is 32.4 Å². The fourth-order valence-electron chi connectivity index (χ4n) is 4.45. The number of aryl methyl sites for hydroxylation is 1. The number of aliphatic imine (C=N–C) groups is 1. The van der Waals surface area contributed by atoms with Gasteiger partial charge in [-0.15, -0.1) is 0 Å². The fraction of sp³-hybridized carbons (Fsp3) is 0.417. The van der Waals surface area contributed by atoms with Crippen LogP contribution in [0.2, 0.25) is 0 Å². The zero-order valence-corrected chi connectivity index (χ0v) is 17.6. The van der Waals surface area contributed by atoms with E-state index in [1.54, 1.807) is 0 Å². The van der Waals surface area contributed by atoms with Crippen molar-refractivity contribution in [3.05, 3.63) is 59.2 Å². The second kappa shape index (κ2) is 9.08. The number of hydrogen-bond donors (Lipinski definition) is 2. The third kappa shape index (κ3) is 4.73. The number of amides is 1. The van der Waals surface area contributed by atoms with Gasteiger partial charge in [-0.3, -0.25) is 9.69 Å². The highest BCUT2D eigenvalue weighted by molar-refractivity contribution is 5.95. The Kier molecular flexibility index (Phi) is 5.86. The largest absolute Gasteiger partial charge is 0.460 e. The van der Waals surface area contributed by atoms with E-state index in [2.05, 4.69) is 39.8 Å². The van der Waals surface area contributed by atoms with Gasteiger partial charge >= 0.3 is 0 Å². The summed E-state index contributed by atoms with van der Waals surface area (Å²) in [5, 5.41) is 6.31. The van der Waals surface area contributed by atoms with Crippen LogP contribution >= 0.6 is 0 Å². The molecule has 2 aliphatic heterocycles. The molecule has 1 saturated heterocycles. The number of anilines is 2. The maximum absolute atomic E-state index is 12.4. The molecule has 1 atom stereocenters. The molecule has 0 radical (unpaired) electrons. The molecule has 7 nitrogen and oxygen atoms in total. The van der Waals surface area contributed by atoms with Crippen molar-refractivity contribution in [3.8, 4) is 0 Å². The molecule has 2 aromatic carbocycles. The molecule has 5 rings (SSSR count). The van der Waals surface area contributed by atoms with Crippen molar-refractivity contribution in [2.24, 2.45) is 4.99 Å². The van der Waals surface area contributed by atoms with E-state index in [1.165, 1.54) is 11.1 Å². The lowest BCUT2D eigenvalue weighted by atomic mass is 9.88. The van der Waals surface area contributed by atoms with E-state index in [0.717, 1.165) is 49.3 Å². The summed E-state index contributed by atoms with van der Waals surface area (Å²) < 4.78 is 11.2. The van der Waals surface area contributed by atoms with Crippen LogP contribution in [0.1, 0.15) is 35.6 Å². The highest BCUT2D eigenvalue weighted by Crippen LogP contribution is 2.33. The number of morpholine rings is 1. The Morgan fingerprint density at radius 3 is 2.94 bits per heavy atom. The van der Waals surface area contributed by atoms with Gasteiger partial charge < -0.3 is 20.1 Å². The summed E-state index contributed by atoms with van der Waals surface area (Å²) in [5.41, 5.74) is 5.45. The predicted octanol–water partition coefficient (Wildman–Crippen LogP) is 3.33. The van der Waals surface area contributed by atoms with Crippen molar-refractivity contribution < 1.29 is 14.3 Å². The minimum Gasteiger partial charge on any atom is -0.460 e. The SMILES string of the molecule is O=C(CN1CCOCC1)Nc1ccc2c(c1)COC(=N[C@@H]1CCCc3ccccc31)N2. The molecule has 0 spiro atoms. The topological polar surface area (TPSA) is 75.2 Å².